The van der Waals surface area contributed by atoms with Gasteiger partial charge in [-0.05, 0) is 43.7 Å². The Morgan fingerprint density at radius 3 is 2.12 bits per heavy atom. The SMILES string of the molecule is CNC(=O)[C@@H](C)N(Cc1cccc(C)c1)C(=O)CN(c1ccccc1)S(=O)(=O)c1ccccc1. The lowest BCUT2D eigenvalue weighted by Gasteiger charge is -2.31. The van der Waals surface area contributed by atoms with E-state index in [-0.39, 0.29) is 17.3 Å². The lowest BCUT2D eigenvalue weighted by Crippen LogP contribution is -2.50. The third-order valence-electron chi connectivity index (χ3n) is 5.50. The molecule has 0 radical (unpaired) electrons. The molecule has 1 atom stereocenters. The molecule has 0 fully saturated rings. The van der Waals surface area contributed by atoms with Crippen LogP contribution in [0.4, 0.5) is 5.69 Å². The predicted molar refractivity (Wildman–Crippen MR) is 133 cm³/mol. The minimum atomic E-state index is -4.03. The van der Waals surface area contributed by atoms with E-state index in [1.54, 1.807) is 55.5 Å². The highest BCUT2D eigenvalue weighted by atomic mass is 32.2. The maximum Gasteiger partial charge on any atom is 0.264 e. The summed E-state index contributed by atoms with van der Waals surface area (Å²) in [6.45, 7) is 3.30. The van der Waals surface area contributed by atoms with E-state index >= 15 is 0 Å². The molecule has 7 nitrogen and oxygen atoms in total. The Balaban J connectivity index is 1.99. The number of anilines is 1. The average Bonchev–Trinajstić information content (AvgIpc) is 2.85. The molecular formula is C26H29N3O4S. The van der Waals surface area contributed by atoms with Crippen LogP contribution in [0.1, 0.15) is 18.1 Å². The van der Waals surface area contributed by atoms with Crippen molar-refractivity contribution in [2.45, 2.75) is 31.3 Å². The van der Waals surface area contributed by atoms with Gasteiger partial charge in [0.15, 0.2) is 0 Å². The summed E-state index contributed by atoms with van der Waals surface area (Å²) < 4.78 is 28.1. The lowest BCUT2D eigenvalue weighted by atomic mass is 10.1. The summed E-state index contributed by atoms with van der Waals surface area (Å²) in [5.74, 6) is -0.820. The summed E-state index contributed by atoms with van der Waals surface area (Å²) in [7, 11) is -2.52. The molecule has 0 bridgehead atoms. The highest BCUT2D eigenvalue weighted by Gasteiger charge is 2.32. The van der Waals surface area contributed by atoms with Gasteiger partial charge in [0.1, 0.15) is 12.6 Å². The molecular weight excluding hydrogens is 450 g/mol. The number of hydrogen-bond acceptors (Lipinski definition) is 4. The van der Waals surface area contributed by atoms with E-state index in [4.69, 9.17) is 0 Å². The molecule has 0 aromatic heterocycles. The third kappa shape index (κ3) is 5.82. The molecule has 0 spiro atoms. The van der Waals surface area contributed by atoms with Crippen molar-refractivity contribution in [1.29, 1.82) is 0 Å². The molecule has 3 rings (SSSR count). The second-order valence-corrected chi connectivity index (χ2v) is 9.82. The van der Waals surface area contributed by atoms with Crippen LogP contribution in [-0.4, -0.2) is 44.8 Å². The summed E-state index contributed by atoms with van der Waals surface area (Å²) in [6.07, 6.45) is 0. The lowest BCUT2D eigenvalue weighted by molar-refractivity contribution is -0.139. The van der Waals surface area contributed by atoms with Gasteiger partial charge in [0.2, 0.25) is 11.8 Å². The normalized spacial score (nSPS) is 12.0. The van der Waals surface area contributed by atoms with E-state index in [9.17, 15) is 18.0 Å². The zero-order chi connectivity index (χ0) is 24.7. The Labute approximate surface area is 201 Å². The number of amides is 2. The molecule has 0 aliphatic heterocycles. The monoisotopic (exact) mass is 479 g/mol. The number of nitrogens with zero attached hydrogens (tertiary/aromatic N) is 2. The van der Waals surface area contributed by atoms with Crippen molar-refractivity contribution < 1.29 is 18.0 Å². The number of sulfonamides is 1. The quantitative estimate of drug-likeness (QED) is 0.510. The molecule has 0 saturated carbocycles. The van der Waals surface area contributed by atoms with E-state index < -0.39 is 28.5 Å². The Bertz CT molecular complexity index is 1230. The number of nitrogens with one attached hydrogen (secondary N) is 1. The van der Waals surface area contributed by atoms with Crippen LogP contribution in [0, 0.1) is 6.92 Å². The molecule has 0 aliphatic carbocycles. The van der Waals surface area contributed by atoms with Gasteiger partial charge in [0, 0.05) is 13.6 Å². The standard InChI is InChI=1S/C26H29N3O4S/c1-20-11-10-12-22(17-20)18-28(21(2)26(31)27-3)25(30)19-29(23-13-6-4-7-14-23)34(32,33)24-15-8-5-9-16-24/h4-17,21H,18-19H2,1-3H3,(H,27,31)/t21-/m1/s1. The van der Waals surface area contributed by atoms with E-state index in [0.717, 1.165) is 15.4 Å². The first kappa shape index (κ1) is 25.0. The van der Waals surface area contributed by atoms with Gasteiger partial charge < -0.3 is 10.2 Å². The first-order valence-electron chi connectivity index (χ1n) is 10.9. The maximum absolute atomic E-state index is 13.6. The van der Waals surface area contributed by atoms with Crippen LogP contribution in [0.5, 0.6) is 0 Å². The van der Waals surface area contributed by atoms with Crippen LogP contribution in [0.3, 0.4) is 0 Å². The van der Waals surface area contributed by atoms with Crippen LogP contribution in [0.2, 0.25) is 0 Å². The van der Waals surface area contributed by atoms with Crippen molar-refractivity contribution in [1.82, 2.24) is 10.2 Å². The van der Waals surface area contributed by atoms with E-state index in [1.165, 1.54) is 24.1 Å². The molecule has 3 aromatic carbocycles. The second kappa shape index (κ2) is 11.0. The van der Waals surface area contributed by atoms with E-state index in [0.29, 0.717) is 5.69 Å². The van der Waals surface area contributed by atoms with Gasteiger partial charge in [-0.15, -0.1) is 0 Å². The smallest absolute Gasteiger partial charge is 0.264 e. The molecule has 0 unspecified atom stereocenters. The van der Waals surface area contributed by atoms with Crippen molar-refractivity contribution in [2.24, 2.45) is 0 Å². The van der Waals surface area contributed by atoms with Crippen molar-refractivity contribution in [2.75, 3.05) is 17.9 Å². The molecule has 3 aromatic rings. The van der Waals surface area contributed by atoms with Gasteiger partial charge >= 0.3 is 0 Å². The second-order valence-electron chi connectivity index (χ2n) is 7.96. The van der Waals surface area contributed by atoms with Gasteiger partial charge in [-0.25, -0.2) is 8.42 Å². The van der Waals surface area contributed by atoms with Crippen LogP contribution in [0.15, 0.2) is 89.8 Å². The zero-order valence-corrected chi connectivity index (χ0v) is 20.3. The zero-order valence-electron chi connectivity index (χ0n) is 19.5. The van der Waals surface area contributed by atoms with E-state index in [2.05, 4.69) is 5.32 Å². The summed E-state index contributed by atoms with van der Waals surface area (Å²) in [4.78, 5) is 27.5. The van der Waals surface area contributed by atoms with Crippen LogP contribution < -0.4 is 9.62 Å². The molecule has 2 amide bonds. The van der Waals surface area contributed by atoms with Gasteiger partial charge in [-0.2, -0.15) is 0 Å². The Morgan fingerprint density at radius 2 is 1.53 bits per heavy atom. The summed E-state index contributed by atoms with van der Waals surface area (Å²) in [5, 5.41) is 2.57. The number of carbonyl (C=O) groups excluding carboxylic acids is 2. The van der Waals surface area contributed by atoms with Gasteiger partial charge in [-0.1, -0.05) is 66.2 Å². The summed E-state index contributed by atoms with van der Waals surface area (Å²) >= 11 is 0. The fourth-order valence-corrected chi connectivity index (χ4v) is 5.08. The average molecular weight is 480 g/mol. The highest BCUT2D eigenvalue weighted by molar-refractivity contribution is 7.92. The number of rotatable bonds is 9. The fourth-order valence-electron chi connectivity index (χ4n) is 3.64. The van der Waals surface area contributed by atoms with Crippen molar-refractivity contribution in [3.63, 3.8) is 0 Å². The van der Waals surface area contributed by atoms with Gasteiger partial charge in [0.25, 0.3) is 10.0 Å². The first-order valence-corrected chi connectivity index (χ1v) is 12.4. The molecule has 0 saturated heterocycles. The number of benzene rings is 3. The molecule has 0 aliphatic rings. The summed E-state index contributed by atoms with van der Waals surface area (Å²) in [5.41, 5.74) is 2.24. The Morgan fingerprint density at radius 1 is 0.912 bits per heavy atom. The van der Waals surface area contributed by atoms with Gasteiger partial charge in [0.05, 0.1) is 10.6 Å². The highest BCUT2D eigenvalue weighted by Crippen LogP contribution is 2.24. The Kier molecular flexibility index (Phi) is 8.07. The first-order chi connectivity index (χ1) is 16.2. The van der Waals surface area contributed by atoms with Gasteiger partial charge in [-0.3, -0.25) is 13.9 Å². The van der Waals surface area contributed by atoms with Crippen molar-refractivity contribution in [3.8, 4) is 0 Å². The number of carbonyl (C=O) groups is 2. The maximum atomic E-state index is 13.6. The van der Waals surface area contributed by atoms with Crippen LogP contribution >= 0.6 is 0 Å². The summed E-state index contributed by atoms with van der Waals surface area (Å²) in [6, 6.07) is 23.3. The molecule has 178 valence electrons. The fraction of sp³-hybridized carbons (Fsp3) is 0.231. The molecule has 34 heavy (non-hydrogen) atoms. The van der Waals surface area contributed by atoms with Crippen molar-refractivity contribution in [3.05, 3.63) is 96.1 Å². The topological polar surface area (TPSA) is 86.8 Å². The predicted octanol–water partition coefficient (Wildman–Crippen LogP) is 3.35. The van der Waals surface area contributed by atoms with Crippen molar-refractivity contribution >= 4 is 27.5 Å². The number of para-hydroxylation sites is 1. The number of hydrogen-bond donors (Lipinski definition) is 1. The van der Waals surface area contributed by atoms with Crippen LogP contribution in [0.25, 0.3) is 0 Å². The number of aryl methyl sites for hydroxylation is 1. The Hall–Kier alpha value is -3.65. The number of likely N-dealkylation sites (N-methyl/N-ethyl adjacent to an activating group) is 1. The largest absolute Gasteiger partial charge is 0.357 e. The minimum absolute atomic E-state index is 0.0798. The molecule has 1 N–H and O–H groups in total. The van der Waals surface area contributed by atoms with E-state index in [1.807, 2.05) is 31.2 Å². The third-order valence-corrected chi connectivity index (χ3v) is 7.29. The molecule has 8 heteroatoms. The van der Waals surface area contributed by atoms with Crippen LogP contribution in [-0.2, 0) is 26.2 Å². The minimum Gasteiger partial charge on any atom is -0.357 e. The molecule has 0 heterocycles.